The molecule has 6 nitrogen and oxygen atoms in total. The van der Waals surface area contributed by atoms with Crippen molar-refractivity contribution in [2.75, 3.05) is 20.1 Å². The molecule has 0 heterocycles. The zero-order chi connectivity index (χ0) is 15.2. The lowest BCUT2D eigenvalue weighted by Crippen LogP contribution is -2.40. The Morgan fingerprint density at radius 1 is 1.25 bits per heavy atom. The van der Waals surface area contributed by atoms with Gasteiger partial charge in [-0.2, -0.15) is 4.31 Å². The first-order chi connectivity index (χ1) is 9.42. The van der Waals surface area contributed by atoms with Gasteiger partial charge in [0.15, 0.2) is 0 Å². The number of carbonyl (C=O) groups is 1. The average molecular weight is 299 g/mol. The Hall–Kier alpha value is -1.44. The van der Waals surface area contributed by atoms with E-state index in [1.54, 1.807) is 31.2 Å². The Labute approximate surface area is 120 Å². The van der Waals surface area contributed by atoms with Gasteiger partial charge >= 0.3 is 0 Å². The van der Waals surface area contributed by atoms with Crippen LogP contribution in [0.2, 0.25) is 0 Å². The minimum atomic E-state index is -3.51. The monoisotopic (exact) mass is 299 g/mol. The van der Waals surface area contributed by atoms with Crippen molar-refractivity contribution >= 4 is 15.9 Å². The maximum Gasteiger partial charge on any atom is 0.235 e. The van der Waals surface area contributed by atoms with Crippen molar-refractivity contribution < 1.29 is 13.2 Å². The van der Waals surface area contributed by atoms with Crippen molar-refractivity contribution in [2.45, 2.75) is 19.2 Å². The molecule has 1 rings (SSSR count). The van der Waals surface area contributed by atoms with E-state index in [0.717, 1.165) is 5.56 Å². The summed E-state index contributed by atoms with van der Waals surface area (Å²) in [5.74, 6) is -0.447. The number of nitrogens with zero attached hydrogens (tertiary/aromatic N) is 1. The van der Waals surface area contributed by atoms with Gasteiger partial charge in [-0.05, 0) is 11.1 Å². The molecule has 0 saturated carbocycles. The highest BCUT2D eigenvalue weighted by Gasteiger charge is 2.22. The number of hydrogen-bond acceptors (Lipinski definition) is 4. The number of hydrogen-bond donors (Lipinski definition) is 2. The van der Waals surface area contributed by atoms with Crippen molar-refractivity contribution in [3.63, 3.8) is 0 Å². The van der Waals surface area contributed by atoms with Gasteiger partial charge in [0, 0.05) is 20.1 Å². The summed E-state index contributed by atoms with van der Waals surface area (Å²) in [4.78, 5) is 11.3. The number of sulfonamides is 1. The van der Waals surface area contributed by atoms with Crippen LogP contribution in [0.1, 0.15) is 18.1 Å². The van der Waals surface area contributed by atoms with Gasteiger partial charge in [0.2, 0.25) is 15.9 Å². The highest BCUT2D eigenvalue weighted by atomic mass is 32.2. The molecule has 0 saturated heterocycles. The molecule has 20 heavy (non-hydrogen) atoms. The minimum absolute atomic E-state index is 0.122. The number of benzene rings is 1. The second-order valence-electron chi connectivity index (χ2n) is 4.38. The molecule has 1 aromatic rings. The van der Waals surface area contributed by atoms with Crippen LogP contribution < -0.4 is 11.1 Å². The van der Waals surface area contributed by atoms with Gasteiger partial charge in [0.25, 0.3) is 0 Å². The summed E-state index contributed by atoms with van der Waals surface area (Å²) >= 11 is 0. The Morgan fingerprint density at radius 3 is 2.25 bits per heavy atom. The number of carbonyl (C=O) groups excluding carboxylic acids is 1. The fourth-order valence-corrected chi connectivity index (χ4v) is 3.22. The Morgan fingerprint density at radius 2 is 1.80 bits per heavy atom. The standard InChI is InChI=1S/C13H21N3O3S/c1-3-16(9-13(17)15-2)20(18,19)10-12-6-4-11(8-14)5-7-12/h4-7H,3,8-10,14H2,1-2H3,(H,15,17). The van der Waals surface area contributed by atoms with Crippen LogP contribution in [0.5, 0.6) is 0 Å². The van der Waals surface area contributed by atoms with Gasteiger partial charge in [0.1, 0.15) is 0 Å². The molecule has 0 radical (unpaired) electrons. The highest BCUT2D eigenvalue weighted by Crippen LogP contribution is 2.12. The second kappa shape index (κ2) is 7.37. The first kappa shape index (κ1) is 16.6. The van der Waals surface area contributed by atoms with Crippen molar-refractivity contribution in [3.8, 4) is 0 Å². The predicted octanol–water partition coefficient (Wildman–Crippen LogP) is 0.0430. The second-order valence-corrected chi connectivity index (χ2v) is 6.35. The average Bonchev–Trinajstić information content (AvgIpc) is 2.44. The third-order valence-corrected chi connectivity index (χ3v) is 4.82. The Bertz CT molecular complexity index is 540. The topological polar surface area (TPSA) is 92.5 Å². The van der Waals surface area contributed by atoms with Crippen molar-refractivity contribution in [1.29, 1.82) is 0 Å². The minimum Gasteiger partial charge on any atom is -0.358 e. The van der Waals surface area contributed by atoms with Crippen LogP contribution >= 0.6 is 0 Å². The first-order valence-electron chi connectivity index (χ1n) is 6.39. The van der Waals surface area contributed by atoms with E-state index in [2.05, 4.69) is 5.32 Å². The maximum absolute atomic E-state index is 12.3. The molecule has 0 unspecified atom stereocenters. The summed E-state index contributed by atoms with van der Waals surface area (Å²) in [6.07, 6.45) is 0. The first-order valence-corrected chi connectivity index (χ1v) is 8.00. The fourth-order valence-electron chi connectivity index (χ4n) is 1.72. The summed E-state index contributed by atoms with van der Waals surface area (Å²) in [5.41, 5.74) is 7.12. The van der Waals surface area contributed by atoms with E-state index < -0.39 is 10.0 Å². The van der Waals surface area contributed by atoms with Crippen LogP contribution in [0.4, 0.5) is 0 Å². The molecule has 1 aromatic carbocycles. The SMILES string of the molecule is CCN(CC(=O)NC)S(=O)(=O)Cc1ccc(CN)cc1. The molecule has 3 N–H and O–H groups in total. The molecule has 0 aliphatic heterocycles. The highest BCUT2D eigenvalue weighted by molar-refractivity contribution is 7.88. The maximum atomic E-state index is 12.3. The summed E-state index contributed by atoms with van der Waals surface area (Å²) in [6.45, 7) is 2.23. The van der Waals surface area contributed by atoms with Gasteiger partial charge in [0.05, 0.1) is 12.3 Å². The molecule has 0 spiro atoms. The number of rotatable bonds is 7. The molecule has 7 heteroatoms. The lowest BCUT2D eigenvalue weighted by molar-refractivity contribution is -0.120. The molecular formula is C13H21N3O3S. The van der Waals surface area contributed by atoms with Crippen LogP contribution in [-0.4, -0.2) is 38.8 Å². The van der Waals surface area contributed by atoms with Gasteiger partial charge in [-0.15, -0.1) is 0 Å². The van der Waals surface area contributed by atoms with E-state index in [-0.39, 0.29) is 24.7 Å². The quantitative estimate of drug-likeness (QED) is 0.743. The van der Waals surface area contributed by atoms with Crippen LogP contribution in [0.3, 0.4) is 0 Å². The zero-order valence-electron chi connectivity index (χ0n) is 11.8. The van der Waals surface area contributed by atoms with Gasteiger partial charge < -0.3 is 11.1 Å². The van der Waals surface area contributed by atoms with Crippen LogP contribution in [-0.2, 0) is 27.1 Å². The lowest BCUT2D eigenvalue weighted by atomic mass is 10.1. The van der Waals surface area contributed by atoms with Gasteiger partial charge in [-0.1, -0.05) is 31.2 Å². The molecule has 0 fully saturated rings. The third kappa shape index (κ3) is 4.59. The van der Waals surface area contributed by atoms with E-state index in [1.807, 2.05) is 0 Å². The van der Waals surface area contributed by atoms with E-state index in [9.17, 15) is 13.2 Å². The summed E-state index contributed by atoms with van der Waals surface area (Å²) in [7, 11) is -2.03. The number of likely N-dealkylation sites (N-methyl/N-ethyl adjacent to an activating group) is 2. The summed E-state index contributed by atoms with van der Waals surface area (Å²) < 4.78 is 25.7. The number of nitrogens with two attached hydrogens (primary N) is 1. The third-order valence-electron chi connectivity index (χ3n) is 2.95. The molecular weight excluding hydrogens is 278 g/mol. The van der Waals surface area contributed by atoms with E-state index in [0.29, 0.717) is 12.1 Å². The molecule has 112 valence electrons. The van der Waals surface area contributed by atoms with Crippen LogP contribution in [0, 0.1) is 0 Å². The van der Waals surface area contributed by atoms with Gasteiger partial charge in [-0.3, -0.25) is 4.79 Å². The number of amides is 1. The van der Waals surface area contributed by atoms with Gasteiger partial charge in [-0.25, -0.2) is 8.42 Å². The molecule has 0 aromatic heterocycles. The van der Waals surface area contributed by atoms with Crippen molar-refractivity contribution in [1.82, 2.24) is 9.62 Å². The largest absolute Gasteiger partial charge is 0.358 e. The Balaban J connectivity index is 2.83. The van der Waals surface area contributed by atoms with Crippen molar-refractivity contribution in [2.24, 2.45) is 5.73 Å². The summed E-state index contributed by atoms with van der Waals surface area (Å²) in [6, 6.07) is 7.10. The van der Waals surface area contributed by atoms with Crippen molar-refractivity contribution in [3.05, 3.63) is 35.4 Å². The number of nitrogens with one attached hydrogen (secondary N) is 1. The van der Waals surface area contributed by atoms with E-state index >= 15 is 0 Å². The lowest BCUT2D eigenvalue weighted by Gasteiger charge is -2.19. The normalized spacial score (nSPS) is 11.6. The molecule has 0 atom stereocenters. The molecule has 0 aliphatic rings. The fraction of sp³-hybridized carbons (Fsp3) is 0.462. The summed E-state index contributed by atoms with van der Waals surface area (Å²) in [5, 5.41) is 2.42. The zero-order valence-corrected chi connectivity index (χ0v) is 12.6. The van der Waals surface area contributed by atoms with E-state index in [4.69, 9.17) is 5.73 Å². The molecule has 1 amide bonds. The molecule has 0 aliphatic carbocycles. The smallest absolute Gasteiger partial charge is 0.235 e. The van der Waals surface area contributed by atoms with Crippen LogP contribution in [0.15, 0.2) is 24.3 Å². The van der Waals surface area contributed by atoms with E-state index in [1.165, 1.54) is 11.4 Å². The molecule has 0 bridgehead atoms. The Kier molecular flexibility index (Phi) is 6.12. The van der Waals surface area contributed by atoms with Crippen LogP contribution in [0.25, 0.3) is 0 Å². The predicted molar refractivity (Wildman–Crippen MR) is 78.3 cm³/mol.